The van der Waals surface area contributed by atoms with E-state index in [-0.39, 0.29) is 12.2 Å². The summed E-state index contributed by atoms with van der Waals surface area (Å²) in [5, 5.41) is 0. The average Bonchev–Trinajstić information content (AvgIpc) is 3.20. The number of hydrogen-bond acceptors (Lipinski definition) is 2. The molecule has 1 aromatic carbocycles. The molecule has 0 aliphatic carbocycles. The minimum atomic E-state index is -0.146. The van der Waals surface area contributed by atoms with E-state index >= 15 is 0 Å². The lowest BCUT2D eigenvalue weighted by Gasteiger charge is -1.83. The number of rotatable bonds is 2. The van der Waals surface area contributed by atoms with Crippen molar-refractivity contribution in [2.75, 3.05) is 0 Å². The van der Waals surface area contributed by atoms with Crippen LogP contribution in [-0.4, -0.2) is 18.5 Å². The van der Waals surface area contributed by atoms with E-state index < -0.39 is 0 Å². The van der Waals surface area contributed by atoms with Gasteiger partial charge in [0.1, 0.15) is 18.5 Å². The Morgan fingerprint density at radius 2 is 1.84 bits per heavy atom. The fourth-order valence-electron chi connectivity index (χ4n) is 1.34. The molecule has 0 N–H and O–H groups in total. The molecule has 2 unspecified atom stereocenters. The lowest BCUT2D eigenvalue weighted by molar-refractivity contribution is -0.104. The minimum absolute atomic E-state index is 0.0742. The molecule has 2 nitrogen and oxygen atoms in total. The number of hydrogen-bond donors (Lipinski definition) is 0. The second-order valence-corrected chi connectivity index (χ2v) is 3.68. The van der Waals surface area contributed by atoms with Crippen LogP contribution in [0.2, 0.25) is 0 Å². The van der Waals surface area contributed by atoms with Crippen LogP contribution in [0.4, 0.5) is 0 Å². The second-order valence-electron chi connectivity index (χ2n) is 3.68. The first-order chi connectivity index (χ1) is 9.40. The van der Waals surface area contributed by atoms with Crippen molar-refractivity contribution >= 4 is 6.29 Å². The van der Waals surface area contributed by atoms with E-state index in [0.717, 1.165) is 5.56 Å². The molecule has 0 saturated carbocycles. The zero-order valence-corrected chi connectivity index (χ0v) is 10.1. The Bertz CT molecular complexity index is 652. The van der Waals surface area contributed by atoms with E-state index in [2.05, 4.69) is 35.5 Å². The number of ether oxygens (including phenoxy) is 1. The zero-order valence-electron chi connectivity index (χ0n) is 10.1. The molecule has 1 heterocycles. The summed E-state index contributed by atoms with van der Waals surface area (Å²) in [5.74, 6) is 16.5. The van der Waals surface area contributed by atoms with Crippen molar-refractivity contribution in [2.24, 2.45) is 0 Å². The third kappa shape index (κ3) is 4.57. The molecule has 0 aromatic heterocycles. The van der Waals surface area contributed by atoms with Crippen molar-refractivity contribution in [3.8, 4) is 35.5 Å². The topological polar surface area (TPSA) is 29.6 Å². The van der Waals surface area contributed by atoms with Crippen LogP contribution >= 0.6 is 0 Å². The van der Waals surface area contributed by atoms with Crippen LogP contribution in [0, 0.1) is 35.5 Å². The molecule has 0 spiro atoms. The fourth-order valence-corrected chi connectivity index (χ4v) is 1.34. The summed E-state index contributed by atoms with van der Waals surface area (Å²) >= 11 is 0. The lowest BCUT2D eigenvalue weighted by Crippen LogP contribution is -1.84. The molecular formula is C17H10O2. The van der Waals surface area contributed by atoms with Crippen LogP contribution in [-0.2, 0) is 9.53 Å². The van der Waals surface area contributed by atoms with Gasteiger partial charge in [-0.15, -0.1) is 0 Å². The van der Waals surface area contributed by atoms with Crippen molar-refractivity contribution < 1.29 is 9.53 Å². The molecule has 1 aromatic rings. The molecular weight excluding hydrogens is 236 g/mol. The maximum atomic E-state index is 10.1. The van der Waals surface area contributed by atoms with Crippen molar-refractivity contribution in [2.45, 2.75) is 12.2 Å². The maximum absolute atomic E-state index is 10.1. The van der Waals surface area contributed by atoms with Gasteiger partial charge in [-0.2, -0.15) is 0 Å². The highest BCUT2D eigenvalue weighted by atomic mass is 16.6. The summed E-state index contributed by atoms with van der Waals surface area (Å²) in [4.78, 5) is 10.1. The molecule has 90 valence electrons. The molecule has 1 fully saturated rings. The Kier molecular flexibility index (Phi) is 4.60. The maximum Gasteiger partial charge on any atom is 0.149 e. The van der Waals surface area contributed by atoms with Gasteiger partial charge in [0.25, 0.3) is 0 Å². The van der Waals surface area contributed by atoms with E-state index in [1.807, 2.05) is 30.3 Å². The van der Waals surface area contributed by atoms with Crippen LogP contribution in [0.25, 0.3) is 0 Å². The molecule has 0 amide bonds. The van der Waals surface area contributed by atoms with Gasteiger partial charge in [0.2, 0.25) is 0 Å². The van der Waals surface area contributed by atoms with Gasteiger partial charge in [0.15, 0.2) is 0 Å². The normalized spacial score (nSPS) is 19.2. The molecule has 2 rings (SSSR count). The molecule has 2 atom stereocenters. The Balaban J connectivity index is 1.82. The molecule has 2 heteroatoms. The third-order valence-electron chi connectivity index (χ3n) is 2.29. The van der Waals surface area contributed by atoms with Crippen molar-refractivity contribution in [3.05, 3.63) is 48.0 Å². The number of carbonyl (C=O) groups excluding carboxylic acids is 1. The van der Waals surface area contributed by atoms with Crippen LogP contribution < -0.4 is 0 Å². The number of allylic oxidation sites excluding steroid dienone is 1. The highest BCUT2D eigenvalue weighted by Gasteiger charge is 2.34. The van der Waals surface area contributed by atoms with Gasteiger partial charge in [0.05, 0.1) is 0 Å². The van der Waals surface area contributed by atoms with Gasteiger partial charge in [0, 0.05) is 5.56 Å². The summed E-state index contributed by atoms with van der Waals surface area (Å²) in [6.07, 6.45) is 3.58. The van der Waals surface area contributed by atoms with Gasteiger partial charge in [-0.25, -0.2) is 0 Å². The first-order valence-corrected chi connectivity index (χ1v) is 5.74. The van der Waals surface area contributed by atoms with Crippen molar-refractivity contribution in [1.29, 1.82) is 0 Å². The van der Waals surface area contributed by atoms with Crippen LogP contribution in [0.3, 0.4) is 0 Å². The van der Waals surface area contributed by atoms with Crippen molar-refractivity contribution in [1.82, 2.24) is 0 Å². The summed E-state index contributed by atoms with van der Waals surface area (Å²) in [6, 6.07) is 9.63. The Labute approximate surface area is 112 Å². The lowest BCUT2D eigenvalue weighted by atomic mass is 10.2. The quantitative estimate of drug-likeness (QED) is 0.343. The predicted molar refractivity (Wildman–Crippen MR) is 72.7 cm³/mol. The summed E-state index contributed by atoms with van der Waals surface area (Å²) in [5.41, 5.74) is 0.925. The minimum Gasteiger partial charge on any atom is -0.351 e. The highest BCUT2D eigenvalue weighted by molar-refractivity contribution is 5.65. The summed E-state index contributed by atoms with van der Waals surface area (Å²) in [7, 11) is 0. The molecule has 19 heavy (non-hydrogen) atoms. The highest BCUT2D eigenvalue weighted by Crippen LogP contribution is 2.21. The molecule has 0 radical (unpaired) electrons. The van der Waals surface area contributed by atoms with Gasteiger partial charge < -0.3 is 4.74 Å². The standard InChI is InChI=1S/C17H10O2/c18-14-8-13-17-16(19-17)12-7-2-1-4-9-15-10-5-3-6-11-15/h3,5-6,8,10-11,13-14,16-17H/b13-8+. The number of benzene rings is 1. The average molecular weight is 246 g/mol. The predicted octanol–water partition coefficient (Wildman–Crippen LogP) is 1.57. The van der Waals surface area contributed by atoms with E-state index in [1.165, 1.54) is 6.08 Å². The smallest absolute Gasteiger partial charge is 0.149 e. The van der Waals surface area contributed by atoms with E-state index in [4.69, 9.17) is 4.74 Å². The molecule has 1 saturated heterocycles. The fraction of sp³-hybridized carbons (Fsp3) is 0.118. The Morgan fingerprint density at radius 1 is 1.05 bits per heavy atom. The number of carbonyl (C=O) groups is 1. The first kappa shape index (κ1) is 12.7. The van der Waals surface area contributed by atoms with E-state index in [9.17, 15) is 4.79 Å². The largest absolute Gasteiger partial charge is 0.351 e. The van der Waals surface area contributed by atoms with E-state index in [1.54, 1.807) is 6.08 Å². The van der Waals surface area contributed by atoms with Gasteiger partial charge in [-0.1, -0.05) is 30.0 Å². The van der Waals surface area contributed by atoms with Gasteiger partial charge in [-0.05, 0) is 48.0 Å². The monoisotopic (exact) mass is 246 g/mol. The second kappa shape index (κ2) is 6.87. The van der Waals surface area contributed by atoms with Crippen LogP contribution in [0.15, 0.2) is 42.5 Å². The van der Waals surface area contributed by atoms with E-state index in [0.29, 0.717) is 6.29 Å². The first-order valence-electron chi connectivity index (χ1n) is 5.74. The SMILES string of the molecule is O=C/C=C/C1OC1C#CC#CC#Cc1ccccc1. The van der Waals surface area contributed by atoms with Gasteiger partial charge >= 0.3 is 0 Å². The molecule has 1 aliphatic heterocycles. The van der Waals surface area contributed by atoms with Crippen molar-refractivity contribution in [3.63, 3.8) is 0 Å². The van der Waals surface area contributed by atoms with Crippen LogP contribution in [0.1, 0.15) is 5.56 Å². The van der Waals surface area contributed by atoms with Gasteiger partial charge in [-0.3, -0.25) is 4.79 Å². The Hall–Kier alpha value is -2.73. The third-order valence-corrected chi connectivity index (χ3v) is 2.29. The zero-order chi connectivity index (χ0) is 13.3. The molecule has 1 aliphatic rings. The Morgan fingerprint density at radius 3 is 2.63 bits per heavy atom. The summed E-state index contributed by atoms with van der Waals surface area (Å²) < 4.78 is 5.17. The molecule has 0 bridgehead atoms. The number of aldehydes is 1. The number of epoxide rings is 1. The summed E-state index contributed by atoms with van der Waals surface area (Å²) in [6.45, 7) is 0. The van der Waals surface area contributed by atoms with Crippen LogP contribution in [0.5, 0.6) is 0 Å².